The number of ether oxygens (including phenoxy) is 1. The molecule has 158 valence electrons. The summed E-state index contributed by atoms with van der Waals surface area (Å²) in [6.07, 6.45) is 1.49. The molecule has 0 radical (unpaired) electrons. The second kappa shape index (κ2) is 7.91. The minimum Gasteiger partial charge on any atom is -0.497 e. The highest BCUT2D eigenvalue weighted by atomic mass is 16.5. The molecule has 0 atom stereocenters. The van der Waals surface area contributed by atoms with E-state index >= 15 is 0 Å². The van der Waals surface area contributed by atoms with Crippen molar-refractivity contribution >= 4 is 11.8 Å². The lowest BCUT2D eigenvalue weighted by Gasteiger charge is -2.30. The summed E-state index contributed by atoms with van der Waals surface area (Å²) in [5, 5.41) is 7.38. The SMILES string of the molecule is COc1cccc(C(=O)N2CCc3[nH]nc(C(=O)N4CCc5ccccc5C4)c3C2)c1. The molecule has 7 heteroatoms. The first-order valence-corrected chi connectivity index (χ1v) is 10.5. The van der Waals surface area contributed by atoms with Crippen molar-refractivity contribution in [2.45, 2.75) is 25.9 Å². The third-order valence-corrected chi connectivity index (χ3v) is 6.16. The van der Waals surface area contributed by atoms with Crippen molar-refractivity contribution in [1.29, 1.82) is 0 Å². The van der Waals surface area contributed by atoms with Gasteiger partial charge in [-0.25, -0.2) is 0 Å². The van der Waals surface area contributed by atoms with Crippen LogP contribution in [0.1, 0.15) is 43.2 Å². The normalized spacial score (nSPS) is 15.3. The summed E-state index contributed by atoms with van der Waals surface area (Å²) in [7, 11) is 1.58. The molecule has 0 saturated heterocycles. The van der Waals surface area contributed by atoms with Crippen LogP contribution in [0.3, 0.4) is 0 Å². The minimum atomic E-state index is -0.0808. The van der Waals surface area contributed by atoms with Crippen molar-refractivity contribution in [2.75, 3.05) is 20.2 Å². The van der Waals surface area contributed by atoms with Gasteiger partial charge in [0.15, 0.2) is 5.69 Å². The number of carbonyl (C=O) groups is 2. The molecule has 2 aliphatic heterocycles. The summed E-state index contributed by atoms with van der Waals surface area (Å²) in [5.74, 6) is 0.492. The zero-order valence-electron chi connectivity index (χ0n) is 17.4. The molecule has 5 rings (SSSR count). The molecular formula is C24H24N4O3. The molecule has 3 aromatic rings. The van der Waals surface area contributed by atoms with Gasteiger partial charge in [0.2, 0.25) is 0 Å². The van der Waals surface area contributed by atoms with Gasteiger partial charge in [-0.05, 0) is 35.7 Å². The van der Waals surface area contributed by atoms with Crippen LogP contribution >= 0.6 is 0 Å². The summed E-state index contributed by atoms with van der Waals surface area (Å²) in [6, 6.07) is 15.4. The molecule has 31 heavy (non-hydrogen) atoms. The van der Waals surface area contributed by atoms with Gasteiger partial charge in [0.05, 0.1) is 13.7 Å². The lowest BCUT2D eigenvalue weighted by molar-refractivity contribution is 0.0703. The molecule has 1 N–H and O–H groups in total. The lowest BCUT2D eigenvalue weighted by Crippen LogP contribution is -2.39. The van der Waals surface area contributed by atoms with Crippen molar-refractivity contribution < 1.29 is 14.3 Å². The van der Waals surface area contributed by atoms with Gasteiger partial charge in [0, 0.05) is 42.9 Å². The van der Waals surface area contributed by atoms with Crippen LogP contribution in [-0.4, -0.2) is 52.0 Å². The van der Waals surface area contributed by atoms with E-state index < -0.39 is 0 Å². The van der Waals surface area contributed by atoms with Gasteiger partial charge in [-0.1, -0.05) is 30.3 Å². The molecule has 3 heterocycles. The number of rotatable bonds is 3. The van der Waals surface area contributed by atoms with E-state index in [2.05, 4.69) is 22.3 Å². The Hall–Kier alpha value is -3.61. The van der Waals surface area contributed by atoms with Crippen LogP contribution in [0, 0.1) is 0 Å². The van der Waals surface area contributed by atoms with Crippen LogP contribution in [0.15, 0.2) is 48.5 Å². The second-order valence-corrected chi connectivity index (χ2v) is 7.98. The zero-order chi connectivity index (χ0) is 21.4. The fourth-order valence-corrected chi connectivity index (χ4v) is 4.40. The van der Waals surface area contributed by atoms with E-state index in [0.29, 0.717) is 49.6 Å². The second-order valence-electron chi connectivity index (χ2n) is 7.98. The monoisotopic (exact) mass is 416 g/mol. The molecule has 0 aliphatic carbocycles. The number of H-pyrrole nitrogens is 1. The van der Waals surface area contributed by atoms with Crippen LogP contribution in [0.5, 0.6) is 5.75 Å². The summed E-state index contributed by atoms with van der Waals surface area (Å²) < 4.78 is 5.24. The van der Waals surface area contributed by atoms with Gasteiger partial charge in [-0.3, -0.25) is 14.7 Å². The molecule has 0 unspecified atom stereocenters. The fourth-order valence-electron chi connectivity index (χ4n) is 4.40. The van der Waals surface area contributed by atoms with Crippen molar-refractivity contribution in [1.82, 2.24) is 20.0 Å². The highest BCUT2D eigenvalue weighted by molar-refractivity contribution is 5.96. The number of hydrogen-bond acceptors (Lipinski definition) is 4. The average Bonchev–Trinajstić information content (AvgIpc) is 3.26. The summed E-state index contributed by atoms with van der Waals surface area (Å²) in [5.41, 5.74) is 5.25. The smallest absolute Gasteiger partial charge is 0.275 e. The average molecular weight is 416 g/mol. The van der Waals surface area contributed by atoms with Gasteiger partial charge < -0.3 is 14.5 Å². The summed E-state index contributed by atoms with van der Waals surface area (Å²) >= 11 is 0. The Kier molecular flexibility index (Phi) is 4.94. The van der Waals surface area contributed by atoms with Crippen molar-refractivity contribution in [3.05, 3.63) is 82.2 Å². The maximum absolute atomic E-state index is 13.3. The molecule has 1 aromatic heterocycles. The minimum absolute atomic E-state index is 0.0731. The molecule has 2 amide bonds. The van der Waals surface area contributed by atoms with E-state index in [1.54, 1.807) is 24.1 Å². The lowest BCUT2D eigenvalue weighted by atomic mass is 9.99. The molecule has 2 aromatic carbocycles. The number of nitrogens with one attached hydrogen (secondary N) is 1. The van der Waals surface area contributed by atoms with Crippen LogP contribution in [-0.2, 0) is 25.9 Å². The third-order valence-electron chi connectivity index (χ3n) is 6.16. The summed E-state index contributed by atoms with van der Waals surface area (Å²) in [6.45, 7) is 2.20. The van der Waals surface area contributed by atoms with Gasteiger partial charge in [-0.15, -0.1) is 0 Å². The first kappa shape index (κ1) is 19.4. The number of amides is 2. The molecule has 0 saturated carbocycles. The van der Waals surface area contributed by atoms with Gasteiger partial charge in [0.1, 0.15) is 5.75 Å². The van der Waals surface area contributed by atoms with E-state index in [-0.39, 0.29) is 11.8 Å². The highest BCUT2D eigenvalue weighted by Gasteiger charge is 2.31. The van der Waals surface area contributed by atoms with Gasteiger partial charge in [-0.2, -0.15) is 5.10 Å². The number of aromatic nitrogens is 2. The summed E-state index contributed by atoms with van der Waals surface area (Å²) in [4.78, 5) is 30.0. The van der Waals surface area contributed by atoms with Crippen LogP contribution < -0.4 is 4.74 Å². The highest BCUT2D eigenvalue weighted by Crippen LogP contribution is 2.26. The molecule has 0 fully saturated rings. The first-order valence-electron chi connectivity index (χ1n) is 10.5. The largest absolute Gasteiger partial charge is 0.497 e. The quantitative estimate of drug-likeness (QED) is 0.712. The number of benzene rings is 2. The number of methoxy groups -OCH3 is 1. The number of aromatic amines is 1. The Balaban J connectivity index is 1.36. The molecular weight excluding hydrogens is 392 g/mol. The first-order chi connectivity index (χ1) is 15.1. The third kappa shape index (κ3) is 3.56. The van der Waals surface area contributed by atoms with Crippen LogP contribution in [0.25, 0.3) is 0 Å². The Morgan fingerprint density at radius 2 is 1.71 bits per heavy atom. The Labute approximate surface area is 180 Å². The van der Waals surface area contributed by atoms with Crippen LogP contribution in [0.4, 0.5) is 0 Å². The number of nitrogens with zero attached hydrogens (tertiary/aromatic N) is 3. The molecule has 2 aliphatic rings. The zero-order valence-corrected chi connectivity index (χ0v) is 17.4. The number of fused-ring (bicyclic) bond motifs is 2. The standard InChI is InChI=1S/C24H24N4O3/c1-31-19-8-4-7-17(13-19)23(29)28-12-10-21-20(15-28)22(26-25-21)24(30)27-11-9-16-5-2-3-6-18(16)14-27/h2-8,13H,9-12,14-15H2,1H3,(H,25,26). The van der Waals surface area contributed by atoms with E-state index in [4.69, 9.17) is 4.74 Å². The Morgan fingerprint density at radius 3 is 2.55 bits per heavy atom. The van der Waals surface area contributed by atoms with Crippen LogP contribution in [0.2, 0.25) is 0 Å². The van der Waals surface area contributed by atoms with Crippen molar-refractivity contribution in [3.8, 4) is 5.75 Å². The van der Waals surface area contributed by atoms with Crippen molar-refractivity contribution in [2.24, 2.45) is 0 Å². The number of carbonyl (C=O) groups excluding carboxylic acids is 2. The fraction of sp³-hybridized carbons (Fsp3) is 0.292. The number of hydrogen-bond donors (Lipinski definition) is 1. The molecule has 0 bridgehead atoms. The van der Waals surface area contributed by atoms with E-state index in [0.717, 1.165) is 17.7 Å². The molecule has 7 nitrogen and oxygen atoms in total. The maximum Gasteiger partial charge on any atom is 0.275 e. The van der Waals surface area contributed by atoms with Gasteiger partial charge in [0.25, 0.3) is 11.8 Å². The maximum atomic E-state index is 13.3. The van der Waals surface area contributed by atoms with E-state index in [9.17, 15) is 9.59 Å². The topological polar surface area (TPSA) is 78.5 Å². The molecule has 0 spiro atoms. The predicted molar refractivity (Wildman–Crippen MR) is 115 cm³/mol. The van der Waals surface area contributed by atoms with E-state index in [1.165, 1.54) is 11.1 Å². The van der Waals surface area contributed by atoms with Gasteiger partial charge >= 0.3 is 0 Å². The predicted octanol–water partition coefficient (Wildman–Crippen LogP) is 2.82. The van der Waals surface area contributed by atoms with E-state index in [1.807, 2.05) is 29.2 Å². The Morgan fingerprint density at radius 1 is 0.935 bits per heavy atom. The van der Waals surface area contributed by atoms with Crippen molar-refractivity contribution in [3.63, 3.8) is 0 Å². The Bertz CT molecular complexity index is 1150.